The van der Waals surface area contributed by atoms with Gasteiger partial charge in [0.15, 0.2) is 6.39 Å². The Balaban J connectivity index is 1.86. The van der Waals surface area contributed by atoms with Crippen LogP contribution >= 0.6 is 0 Å². The lowest BCUT2D eigenvalue weighted by Crippen LogP contribution is -2.31. The third kappa shape index (κ3) is 2.66. The number of carbonyl (C=O) groups excluding carboxylic acids is 1. The molecule has 0 radical (unpaired) electrons. The Morgan fingerprint density at radius 2 is 2.35 bits per heavy atom. The van der Waals surface area contributed by atoms with E-state index in [0.29, 0.717) is 24.1 Å². The number of aliphatic hydroxyl groups excluding tert-OH is 1. The molecule has 0 bridgehead atoms. The van der Waals surface area contributed by atoms with Gasteiger partial charge in [-0.2, -0.15) is 0 Å². The van der Waals surface area contributed by atoms with Gasteiger partial charge in [-0.1, -0.05) is 6.42 Å². The molecule has 1 saturated carbocycles. The van der Waals surface area contributed by atoms with Crippen molar-refractivity contribution in [2.75, 3.05) is 13.2 Å². The molecule has 2 N–H and O–H groups in total. The second kappa shape index (κ2) is 5.31. The van der Waals surface area contributed by atoms with Crippen LogP contribution in [0.3, 0.4) is 0 Å². The second-order valence-corrected chi connectivity index (χ2v) is 4.61. The molecule has 0 aromatic carbocycles. The Morgan fingerprint density at radius 3 is 3.00 bits per heavy atom. The van der Waals surface area contributed by atoms with Crippen LogP contribution in [0.2, 0.25) is 0 Å². The zero-order chi connectivity index (χ0) is 12.3. The monoisotopic (exact) mass is 238 g/mol. The summed E-state index contributed by atoms with van der Waals surface area (Å²) in [6.07, 6.45) is 4.53. The number of aliphatic hydroxyl groups is 1. The van der Waals surface area contributed by atoms with Crippen molar-refractivity contribution in [3.63, 3.8) is 0 Å². The van der Waals surface area contributed by atoms with Crippen molar-refractivity contribution >= 4 is 5.91 Å². The summed E-state index contributed by atoms with van der Waals surface area (Å²) < 4.78 is 5.02. The van der Waals surface area contributed by atoms with Crippen molar-refractivity contribution < 1.29 is 14.3 Å². The third-order valence-corrected chi connectivity index (χ3v) is 3.53. The number of nitrogens with one attached hydrogen (secondary N) is 1. The maximum Gasteiger partial charge on any atom is 0.289 e. The zero-order valence-electron chi connectivity index (χ0n) is 9.98. The van der Waals surface area contributed by atoms with Gasteiger partial charge in [-0.05, 0) is 31.6 Å². The molecule has 1 heterocycles. The van der Waals surface area contributed by atoms with Gasteiger partial charge < -0.3 is 14.8 Å². The SMILES string of the molecule is Cc1ncoc1C(=O)NCC1CCCC1CO. The van der Waals surface area contributed by atoms with E-state index in [4.69, 9.17) is 4.42 Å². The first-order valence-electron chi connectivity index (χ1n) is 6.01. The first kappa shape index (κ1) is 12.1. The Morgan fingerprint density at radius 1 is 1.59 bits per heavy atom. The molecule has 1 aromatic rings. The van der Waals surface area contributed by atoms with E-state index in [-0.39, 0.29) is 18.3 Å². The van der Waals surface area contributed by atoms with Gasteiger partial charge in [-0.25, -0.2) is 4.98 Å². The van der Waals surface area contributed by atoms with E-state index in [1.54, 1.807) is 6.92 Å². The van der Waals surface area contributed by atoms with Crippen molar-refractivity contribution in [3.8, 4) is 0 Å². The molecule has 0 spiro atoms. The predicted molar refractivity (Wildman–Crippen MR) is 61.5 cm³/mol. The van der Waals surface area contributed by atoms with Crippen LogP contribution in [0.25, 0.3) is 0 Å². The van der Waals surface area contributed by atoms with Gasteiger partial charge in [0, 0.05) is 13.2 Å². The van der Waals surface area contributed by atoms with Crippen LogP contribution in [0.15, 0.2) is 10.8 Å². The quantitative estimate of drug-likeness (QED) is 0.824. The maximum absolute atomic E-state index is 11.8. The van der Waals surface area contributed by atoms with E-state index in [1.807, 2.05) is 0 Å². The Kier molecular flexibility index (Phi) is 3.78. The van der Waals surface area contributed by atoms with E-state index in [9.17, 15) is 9.90 Å². The number of amides is 1. The zero-order valence-corrected chi connectivity index (χ0v) is 9.98. The molecule has 2 unspecified atom stereocenters. The van der Waals surface area contributed by atoms with Crippen molar-refractivity contribution in [3.05, 3.63) is 17.8 Å². The standard InChI is InChI=1S/C12H18N2O3/c1-8-11(17-7-14-8)12(16)13-5-9-3-2-4-10(9)6-15/h7,9-10,15H,2-6H2,1H3,(H,13,16). The number of nitrogens with zero attached hydrogens (tertiary/aromatic N) is 1. The van der Waals surface area contributed by atoms with Crippen LogP contribution in [0.4, 0.5) is 0 Å². The van der Waals surface area contributed by atoms with Crippen LogP contribution < -0.4 is 5.32 Å². The summed E-state index contributed by atoms with van der Waals surface area (Å²) >= 11 is 0. The highest BCUT2D eigenvalue weighted by molar-refractivity contribution is 5.92. The summed E-state index contributed by atoms with van der Waals surface area (Å²) in [6, 6.07) is 0. The first-order chi connectivity index (χ1) is 8.22. The van der Waals surface area contributed by atoms with Crippen LogP contribution in [0, 0.1) is 18.8 Å². The average molecular weight is 238 g/mol. The molecule has 1 fully saturated rings. The lowest BCUT2D eigenvalue weighted by atomic mass is 9.97. The fourth-order valence-corrected chi connectivity index (χ4v) is 2.45. The molecule has 0 saturated heterocycles. The number of oxazole rings is 1. The molecule has 1 aromatic heterocycles. The predicted octanol–water partition coefficient (Wildman–Crippen LogP) is 1.12. The molecule has 2 rings (SSSR count). The number of hydrogen-bond donors (Lipinski definition) is 2. The maximum atomic E-state index is 11.8. The van der Waals surface area contributed by atoms with Crippen LogP contribution in [0.1, 0.15) is 35.5 Å². The Labute approximate surface area is 100 Å². The van der Waals surface area contributed by atoms with Gasteiger partial charge >= 0.3 is 0 Å². The van der Waals surface area contributed by atoms with Crippen LogP contribution in [0.5, 0.6) is 0 Å². The smallest absolute Gasteiger partial charge is 0.289 e. The summed E-state index contributed by atoms with van der Waals surface area (Å²) in [6.45, 7) is 2.55. The largest absolute Gasteiger partial charge is 0.438 e. The number of rotatable bonds is 4. The minimum Gasteiger partial charge on any atom is -0.438 e. The molecule has 1 aliphatic carbocycles. The first-order valence-corrected chi connectivity index (χ1v) is 6.01. The van der Waals surface area contributed by atoms with E-state index in [1.165, 1.54) is 6.39 Å². The number of hydrogen-bond acceptors (Lipinski definition) is 4. The third-order valence-electron chi connectivity index (χ3n) is 3.53. The summed E-state index contributed by atoms with van der Waals surface area (Å²) in [7, 11) is 0. The van der Waals surface area contributed by atoms with Crippen molar-refractivity contribution in [1.29, 1.82) is 0 Å². The fourth-order valence-electron chi connectivity index (χ4n) is 2.45. The normalized spacial score (nSPS) is 23.9. The molecule has 94 valence electrons. The van der Waals surface area contributed by atoms with Gasteiger partial charge in [0.25, 0.3) is 5.91 Å². The molecule has 1 amide bonds. The summed E-state index contributed by atoms with van der Waals surface area (Å²) in [5.74, 6) is 0.769. The molecular formula is C12H18N2O3. The number of aromatic nitrogens is 1. The molecule has 0 aliphatic heterocycles. The Hall–Kier alpha value is -1.36. The molecule has 1 aliphatic rings. The van der Waals surface area contributed by atoms with E-state index in [2.05, 4.69) is 10.3 Å². The number of carbonyl (C=O) groups is 1. The summed E-state index contributed by atoms with van der Waals surface area (Å²) in [5.41, 5.74) is 0.604. The van der Waals surface area contributed by atoms with Gasteiger partial charge in [0.05, 0.1) is 5.69 Å². The molecular weight excluding hydrogens is 220 g/mol. The lowest BCUT2D eigenvalue weighted by Gasteiger charge is -2.17. The Bertz CT molecular complexity index is 389. The van der Waals surface area contributed by atoms with Crippen LogP contribution in [-0.2, 0) is 0 Å². The topological polar surface area (TPSA) is 75.4 Å². The van der Waals surface area contributed by atoms with Crippen LogP contribution in [-0.4, -0.2) is 29.1 Å². The molecule has 2 atom stereocenters. The van der Waals surface area contributed by atoms with Gasteiger partial charge in [0.2, 0.25) is 5.76 Å². The molecule has 5 nitrogen and oxygen atoms in total. The fraction of sp³-hybridized carbons (Fsp3) is 0.667. The van der Waals surface area contributed by atoms with E-state index in [0.717, 1.165) is 19.3 Å². The second-order valence-electron chi connectivity index (χ2n) is 4.61. The molecule has 5 heteroatoms. The van der Waals surface area contributed by atoms with Crippen molar-refractivity contribution in [2.45, 2.75) is 26.2 Å². The van der Waals surface area contributed by atoms with Gasteiger partial charge in [-0.15, -0.1) is 0 Å². The highest BCUT2D eigenvalue weighted by Gasteiger charge is 2.27. The summed E-state index contributed by atoms with van der Waals surface area (Å²) in [5, 5.41) is 12.0. The van der Waals surface area contributed by atoms with E-state index >= 15 is 0 Å². The van der Waals surface area contributed by atoms with Gasteiger partial charge in [-0.3, -0.25) is 4.79 Å². The molecule has 17 heavy (non-hydrogen) atoms. The minimum absolute atomic E-state index is 0.210. The van der Waals surface area contributed by atoms with E-state index < -0.39 is 0 Å². The van der Waals surface area contributed by atoms with Gasteiger partial charge in [0.1, 0.15) is 0 Å². The average Bonchev–Trinajstić information content (AvgIpc) is 2.94. The highest BCUT2D eigenvalue weighted by atomic mass is 16.3. The van der Waals surface area contributed by atoms with Crippen molar-refractivity contribution in [1.82, 2.24) is 10.3 Å². The summed E-state index contributed by atoms with van der Waals surface area (Å²) in [4.78, 5) is 15.7. The minimum atomic E-state index is -0.219. The lowest BCUT2D eigenvalue weighted by molar-refractivity contribution is 0.0909. The van der Waals surface area contributed by atoms with Crippen molar-refractivity contribution in [2.24, 2.45) is 11.8 Å². The number of aryl methyl sites for hydroxylation is 1. The highest BCUT2D eigenvalue weighted by Crippen LogP contribution is 2.30.